The molecule has 0 aliphatic carbocycles. The van der Waals surface area contributed by atoms with Crippen LogP contribution in [0.5, 0.6) is 5.75 Å². The number of phenolic OH excluding ortho intramolecular Hbond substituents is 1. The van der Waals surface area contributed by atoms with E-state index in [1.165, 1.54) is 35.4 Å². The summed E-state index contributed by atoms with van der Waals surface area (Å²) >= 11 is 0. The molecule has 0 radical (unpaired) electrons. The molecular weight excluding hydrogens is 1520 g/mol. The number of carbonyl (C=O) groups excluding carboxylic acids is 16. The fraction of sp³-hybridized carbons (Fsp3) is 0.493. The lowest BCUT2D eigenvalue weighted by Gasteiger charge is -2.29. The predicted octanol–water partition coefficient (Wildman–Crippen LogP) is -7.51. The number of para-hydroxylation sites is 1. The number of benzene rings is 3. The van der Waals surface area contributed by atoms with Gasteiger partial charge in [0.2, 0.25) is 94.5 Å². The second kappa shape index (κ2) is 47.0. The Hall–Kier alpha value is -13.0. The molecule has 32 N–H and O–H groups in total. The zero-order valence-corrected chi connectivity index (χ0v) is 65.6. The first-order valence-electron chi connectivity index (χ1n) is 37.9. The molecule has 4 aromatic rings. The van der Waals surface area contributed by atoms with Crippen LogP contribution in [0.3, 0.4) is 0 Å². The molecule has 638 valence electrons. The molecule has 0 bridgehead atoms. The van der Waals surface area contributed by atoms with Crippen molar-refractivity contribution in [3.8, 4) is 5.75 Å². The Labute approximate surface area is 673 Å². The molecule has 1 aromatic heterocycles. The van der Waals surface area contributed by atoms with Crippen LogP contribution in [0.1, 0.15) is 115 Å². The molecule has 0 unspecified atom stereocenters. The Balaban J connectivity index is 1.37. The minimum absolute atomic E-state index is 0.00774. The molecule has 5 rings (SSSR count). The average Bonchev–Trinajstić information content (AvgIpc) is 1.73. The molecule has 1 fully saturated rings. The molecule has 1 saturated heterocycles. The predicted molar refractivity (Wildman–Crippen MR) is 425 cm³/mol. The molecule has 117 heavy (non-hydrogen) atoms. The molecule has 0 saturated carbocycles. The van der Waals surface area contributed by atoms with Crippen LogP contribution in [0.15, 0.2) is 95.0 Å². The number of rotatable bonds is 49. The van der Waals surface area contributed by atoms with E-state index in [-0.39, 0.29) is 99.6 Å². The van der Waals surface area contributed by atoms with Crippen LogP contribution in [0.4, 0.5) is 0 Å². The number of aromatic nitrogens is 1. The second-order valence-electron chi connectivity index (χ2n) is 29.1. The Morgan fingerprint density at radius 1 is 0.479 bits per heavy atom. The molecule has 1 aliphatic rings. The van der Waals surface area contributed by atoms with Gasteiger partial charge in [0, 0.05) is 56.0 Å². The number of hydrogen-bond acceptors (Lipinski definition) is 21. The zero-order chi connectivity index (χ0) is 86.8. The fourth-order valence-corrected chi connectivity index (χ4v) is 12.7. The van der Waals surface area contributed by atoms with E-state index in [9.17, 15) is 86.9 Å². The highest BCUT2D eigenvalue weighted by Gasteiger charge is 2.41. The quantitative estimate of drug-likeness (QED) is 0.0111. The van der Waals surface area contributed by atoms with Crippen LogP contribution in [0, 0.1) is 11.8 Å². The smallest absolute Gasteiger partial charge is 0.245 e. The van der Waals surface area contributed by atoms with Gasteiger partial charge in [0.1, 0.15) is 72.2 Å². The lowest BCUT2D eigenvalue weighted by atomic mass is 10.0. The van der Waals surface area contributed by atoms with Crippen LogP contribution in [-0.2, 0) is 96.0 Å². The van der Waals surface area contributed by atoms with E-state index >= 15 is 0 Å². The van der Waals surface area contributed by atoms with Gasteiger partial charge in [-0.3, -0.25) is 86.7 Å². The van der Waals surface area contributed by atoms with Gasteiger partial charge in [0.25, 0.3) is 0 Å². The summed E-state index contributed by atoms with van der Waals surface area (Å²) in [5.41, 5.74) is 52.6. The molecule has 2 heterocycles. The number of aliphatic hydroxyl groups is 1. The summed E-state index contributed by atoms with van der Waals surface area (Å²) in [6.45, 7) is 5.23. The number of nitrogens with two attached hydrogens (primary N) is 9. The van der Waals surface area contributed by atoms with E-state index in [0.29, 0.717) is 34.9 Å². The van der Waals surface area contributed by atoms with Crippen LogP contribution in [0.2, 0.25) is 0 Å². The number of hydrogen-bond donors (Lipinski definition) is 23. The van der Waals surface area contributed by atoms with E-state index < -0.39 is 212 Å². The summed E-state index contributed by atoms with van der Waals surface area (Å²) < 4.78 is 0. The van der Waals surface area contributed by atoms with Crippen LogP contribution >= 0.6 is 0 Å². The topological polar surface area (TPSA) is 724 Å². The Morgan fingerprint density at radius 3 is 1.42 bits per heavy atom. The Bertz CT molecular complexity index is 4210. The summed E-state index contributed by atoms with van der Waals surface area (Å²) in [4.78, 5) is 233. The number of nitrogens with one attached hydrogen (secondary N) is 12. The van der Waals surface area contributed by atoms with E-state index in [1.807, 2.05) is 13.8 Å². The van der Waals surface area contributed by atoms with Gasteiger partial charge >= 0.3 is 0 Å². The largest absolute Gasteiger partial charge is 0.508 e. The van der Waals surface area contributed by atoms with Crippen molar-refractivity contribution in [1.29, 1.82) is 0 Å². The first-order valence-corrected chi connectivity index (χ1v) is 37.9. The van der Waals surface area contributed by atoms with Gasteiger partial charge in [-0.1, -0.05) is 88.4 Å². The maximum atomic E-state index is 14.8. The summed E-state index contributed by atoms with van der Waals surface area (Å²) in [6.07, 6.45) is -1.60. The van der Waals surface area contributed by atoms with E-state index in [0.717, 1.165) is 0 Å². The van der Waals surface area contributed by atoms with Gasteiger partial charge < -0.3 is 130 Å². The first kappa shape index (κ1) is 94.6. The number of nitrogens with zero attached hydrogens (tertiary/aromatic N) is 3. The van der Waals surface area contributed by atoms with Crippen molar-refractivity contribution in [1.82, 2.24) is 68.4 Å². The summed E-state index contributed by atoms with van der Waals surface area (Å²) in [6, 6.07) is 1.57. The molecule has 3 aromatic carbocycles. The van der Waals surface area contributed by atoms with Crippen molar-refractivity contribution >= 4 is 117 Å². The number of likely N-dealkylation sites (tertiary alicyclic amines) is 1. The minimum Gasteiger partial charge on any atom is -0.508 e. The Morgan fingerprint density at radius 2 is 0.906 bits per heavy atom. The number of carbonyl (C=O) groups is 16. The number of aliphatic imine (C=N–C) groups is 2. The standard InChI is InChI=1S/C75H110N24O18/c1-38(2)27-45(76)73(117)99-26-12-19-57(99)72(116)97-55(34-60(79)104)69(113)93-51(30-41-20-22-43(101)23-21-41)66(110)95-53(32-58(77)102)68(112)94-52(31-42-35-87-46-16-9-8-15-44(42)46)67(111)96-54(33-59(78)103)70(114)98-56(37-100)71(115)90-47(17-10-24-85-74(81)82)63(107)88-36-61(105)89-50(28-39(3)4)65(109)91-48(18-11-25-86-75(83)84)64(108)92-49(62(80)106)29-40-13-6-5-7-14-40/h5-9,13-16,20-23,35,38-39,45,47-57,87,100-101H,10-12,17-19,24-34,36-37,76H2,1-4H3,(H2,77,102)(H2,78,103)(H2,79,104)(H2,80,106)(H,88,107)(H,89,105)(H,90,115)(H,91,109)(H,92,108)(H,93,113)(H,94,112)(H,95,110)(H,96,111)(H,97,116)(H,98,114)(H4,81,82,85)(H4,83,84,86)/t45-,47-,48-,49-,50-,51-,52-,53-,54-,55-,56-,57-/m0/s1. The third kappa shape index (κ3) is 32.4. The fourth-order valence-electron chi connectivity index (χ4n) is 12.7. The van der Waals surface area contributed by atoms with Gasteiger partial charge in [0.15, 0.2) is 11.9 Å². The molecule has 16 amide bonds. The second-order valence-corrected chi connectivity index (χ2v) is 29.1. The minimum atomic E-state index is -2.04. The van der Waals surface area contributed by atoms with Crippen molar-refractivity contribution in [2.45, 2.75) is 190 Å². The lowest BCUT2D eigenvalue weighted by Crippen LogP contribution is -2.61. The highest BCUT2D eigenvalue weighted by Crippen LogP contribution is 2.23. The average molecular weight is 1640 g/mol. The summed E-state index contributed by atoms with van der Waals surface area (Å²) in [7, 11) is 0. The van der Waals surface area contributed by atoms with E-state index in [2.05, 4.69) is 73.5 Å². The first-order chi connectivity index (χ1) is 55.3. The summed E-state index contributed by atoms with van der Waals surface area (Å²) in [5, 5.41) is 48.1. The Kier molecular flexibility index (Phi) is 38.0. The monoisotopic (exact) mass is 1630 g/mol. The maximum Gasteiger partial charge on any atom is 0.245 e. The van der Waals surface area contributed by atoms with Crippen LogP contribution < -0.4 is 110 Å². The van der Waals surface area contributed by atoms with Gasteiger partial charge in [-0.15, -0.1) is 0 Å². The molecule has 12 atom stereocenters. The molecular formula is C75H110N24O18. The number of aromatic hydroxyl groups is 1. The molecule has 1 aliphatic heterocycles. The van der Waals surface area contributed by atoms with E-state index in [1.54, 1.807) is 68.4 Å². The van der Waals surface area contributed by atoms with Crippen molar-refractivity contribution in [2.75, 3.05) is 32.8 Å². The molecule has 42 nitrogen and oxygen atoms in total. The number of aromatic amines is 1. The molecule has 42 heteroatoms. The molecule has 0 spiro atoms. The van der Waals surface area contributed by atoms with Gasteiger partial charge in [0.05, 0.1) is 38.5 Å². The number of aliphatic hydroxyl groups excluding tert-OH is 1. The van der Waals surface area contributed by atoms with Crippen LogP contribution in [0.25, 0.3) is 10.9 Å². The number of primary amides is 4. The van der Waals surface area contributed by atoms with Crippen LogP contribution in [-0.4, -0.2) is 232 Å². The van der Waals surface area contributed by atoms with E-state index in [4.69, 9.17) is 51.6 Å². The van der Waals surface area contributed by atoms with Crippen molar-refractivity contribution < 1.29 is 86.9 Å². The highest BCUT2D eigenvalue weighted by molar-refractivity contribution is 6.02. The maximum absolute atomic E-state index is 14.8. The van der Waals surface area contributed by atoms with Gasteiger partial charge in [-0.05, 0) is 98.1 Å². The number of fused-ring (bicyclic) bond motifs is 1. The number of amides is 16. The third-order valence-corrected chi connectivity index (χ3v) is 18.4. The number of guanidine groups is 2. The van der Waals surface area contributed by atoms with Crippen molar-refractivity contribution in [2.24, 2.45) is 73.4 Å². The zero-order valence-electron chi connectivity index (χ0n) is 65.6. The lowest BCUT2D eigenvalue weighted by molar-refractivity contribution is -0.141. The van der Waals surface area contributed by atoms with Gasteiger partial charge in [-0.2, -0.15) is 0 Å². The third-order valence-electron chi connectivity index (χ3n) is 18.4. The SMILES string of the molecule is CC(C)C[C@H](NC(=O)CNC(=O)[C@H](CCCN=C(N)N)NC(=O)[C@H](CO)NC(=O)[C@H](CC(N)=O)NC(=O)[C@H](Cc1c[nH]c2ccccc12)NC(=O)[C@H](CC(N)=O)NC(=O)[C@H](Cc1ccc(O)cc1)NC(=O)[C@H](CC(N)=O)NC(=O)[C@@H]1CCCN1C(=O)[C@@H](N)CC(C)C)C(=O)N[C@@H](CCCN=C(N)N)C(=O)N[C@@H](Cc1ccccc1)C(N)=O. The number of H-pyrrole nitrogens is 1. The number of phenols is 1. The van der Waals surface area contributed by atoms with Gasteiger partial charge in [-0.25, -0.2) is 0 Å². The summed E-state index contributed by atoms with van der Waals surface area (Å²) in [5.74, 6) is -17.8. The van der Waals surface area contributed by atoms with Crippen molar-refractivity contribution in [3.63, 3.8) is 0 Å². The van der Waals surface area contributed by atoms with Crippen molar-refractivity contribution in [3.05, 3.63) is 102 Å². The normalized spacial score (nSPS) is 15.2. The highest BCUT2D eigenvalue weighted by atomic mass is 16.3.